The number of anilines is 3. The Hall–Kier alpha value is -3.71. The van der Waals surface area contributed by atoms with Crippen LogP contribution in [0.1, 0.15) is 5.56 Å². The van der Waals surface area contributed by atoms with Crippen molar-refractivity contribution in [3.05, 3.63) is 83.4 Å². The van der Waals surface area contributed by atoms with Gasteiger partial charge in [-0.25, -0.2) is 4.79 Å². The summed E-state index contributed by atoms with van der Waals surface area (Å²) in [5, 5.41) is 6.21. The zero-order valence-electron chi connectivity index (χ0n) is 19.0. The summed E-state index contributed by atoms with van der Waals surface area (Å²) in [6.07, 6.45) is 0.391. The molecule has 0 aliphatic carbocycles. The lowest BCUT2D eigenvalue weighted by molar-refractivity contribution is -0.130. The lowest BCUT2D eigenvalue weighted by atomic mass is 10.1. The SMILES string of the molecule is COc1ccc(CC(=O)N2CCN(c3ccc(NC(=O)Nc4ccc(Cl)cc4)cc3)CC2)cc1. The molecule has 8 heteroatoms. The average molecular weight is 479 g/mol. The first-order valence-electron chi connectivity index (χ1n) is 11.1. The molecule has 0 saturated carbocycles. The van der Waals surface area contributed by atoms with Gasteiger partial charge in [0.15, 0.2) is 0 Å². The molecule has 7 nitrogen and oxygen atoms in total. The Bertz CT molecular complexity index is 1110. The Balaban J connectivity index is 1.25. The van der Waals surface area contributed by atoms with Gasteiger partial charge in [-0.3, -0.25) is 4.79 Å². The molecule has 0 bridgehead atoms. The van der Waals surface area contributed by atoms with Gasteiger partial charge in [-0.05, 0) is 66.2 Å². The van der Waals surface area contributed by atoms with Crippen LogP contribution in [0.2, 0.25) is 5.02 Å². The van der Waals surface area contributed by atoms with E-state index < -0.39 is 0 Å². The molecule has 3 aromatic rings. The van der Waals surface area contributed by atoms with E-state index in [-0.39, 0.29) is 11.9 Å². The molecule has 3 aromatic carbocycles. The number of urea groups is 1. The molecule has 176 valence electrons. The van der Waals surface area contributed by atoms with E-state index in [0.29, 0.717) is 35.9 Å². The number of methoxy groups -OCH3 is 1. The number of carbonyl (C=O) groups excluding carboxylic acids is 2. The lowest BCUT2D eigenvalue weighted by Crippen LogP contribution is -2.49. The summed E-state index contributed by atoms with van der Waals surface area (Å²) in [5.41, 5.74) is 3.41. The Morgan fingerprint density at radius 3 is 1.94 bits per heavy atom. The van der Waals surface area contributed by atoms with Crippen LogP contribution in [0.5, 0.6) is 5.75 Å². The zero-order valence-corrected chi connectivity index (χ0v) is 19.7. The first-order chi connectivity index (χ1) is 16.5. The summed E-state index contributed by atoms with van der Waals surface area (Å²) < 4.78 is 5.17. The number of rotatable bonds is 6. The molecule has 2 N–H and O–H groups in total. The molecule has 1 aliphatic heterocycles. The highest BCUT2D eigenvalue weighted by Crippen LogP contribution is 2.21. The van der Waals surface area contributed by atoms with Gasteiger partial charge in [0, 0.05) is 48.3 Å². The van der Waals surface area contributed by atoms with Crippen LogP contribution in [0.3, 0.4) is 0 Å². The number of piperazine rings is 1. The molecule has 0 aromatic heterocycles. The molecular weight excluding hydrogens is 452 g/mol. The fourth-order valence-corrected chi connectivity index (χ4v) is 3.95. The van der Waals surface area contributed by atoms with Gasteiger partial charge in [0.05, 0.1) is 13.5 Å². The highest BCUT2D eigenvalue weighted by atomic mass is 35.5. The van der Waals surface area contributed by atoms with Crippen molar-refractivity contribution in [2.75, 3.05) is 48.8 Å². The number of nitrogens with zero attached hydrogens (tertiary/aromatic N) is 2. The van der Waals surface area contributed by atoms with Crippen molar-refractivity contribution in [3.8, 4) is 5.75 Å². The number of nitrogens with one attached hydrogen (secondary N) is 2. The maximum absolute atomic E-state index is 12.7. The van der Waals surface area contributed by atoms with E-state index in [9.17, 15) is 9.59 Å². The number of halogens is 1. The molecule has 3 amide bonds. The molecule has 1 saturated heterocycles. The second-order valence-corrected chi connectivity index (χ2v) is 8.46. The number of hydrogen-bond donors (Lipinski definition) is 2. The van der Waals surface area contributed by atoms with E-state index in [1.807, 2.05) is 53.4 Å². The van der Waals surface area contributed by atoms with Crippen molar-refractivity contribution in [1.29, 1.82) is 0 Å². The van der Waals surface area contributed by atoms with E-state index >= 15 is 0 Å². The van der Waals surface area contributed by atoms with Crippen molar-refractivity contribution in [2.45, 2.75) is 6.42 Å². The van der Waals surface area contributed by atoms with Crippen LogP contribution >= 0.6 is 11.6 Å². The Morgan fingerprint density at radius 1 is 0.824 bits per heavy atom. The minimum absolute atomic E-state index is 0.135. The van der Waals surface area contributed by atoms with Crippen LogP contribution in [0.15, 0.2) is 72.8 Å². The van der Waals surface area contributed by atoms with E-state index in [1.54, 1.807) is 31.4 Å². The molecule has 0 atom stereocenters. The summed E-state index contributed by atoms with van der Waals surface area (Å²) in [4.78, 5) is 29.0. The van der Waals surface area contributed by atoms with Crippen LogP contribution < -0.4 is 20.3 Å². The van der Waals surface area contributed by atoms with Crippen LogP contribution in [0, 0.1) is 0 Å². The number of hydrogen-bond acceptors (Lipinski definition) is 4. The van der Waals surface area contributed by atoms with Gasteiger partial charge < -0.3 is 25.2 Å². The molecule has 4 rings (SSSR count). The van der Waals surface area contributed by atoms with Gasteiger partial charge in [-0.2, -0.15) is 0 Å². The molecule has 0 spiro atoms. The Morgan fingerprint density at radius 2 is 1.38 bits per heavy atom. The van der Waals surface area contributed by atoms with Crippen molar-refractivity contribution in [3.63, 3.8) is 0 Å². The molecule has 0 radical (unpaired) electrons. The molecule has 0 unspecified atom stereocenters. The van der Waals surface area contributed by atoms with Gasteiger partial charge >= 0.3 is 6.03 Å². The molecule has 1 aliphatic rings. The maximum Gasteiger partial charge on any atom is 0.323 e. The normalized spacial score (nSPS) is 13.4. The van der Waals surface area contributed by atoms with Gasteiger partial charge in [-0.15, -0.1) is 0 Å². The van der Waals surface area contributed by atoms with Crippen LogP contribution in [0.4, 0.5) is 21.9 Å². The van der Waals surface area contributed by atoms with Crippen molar-refractivity contribution >= 4 is 40.6 Å². The molecular formula is C26H27ClN4O3. The predicted octanol–water partition coefficient (Wildman–Crippen LogP) is 4.88. The van der Waals surface area contributed by atoms with E-state index in [2.05, 4.69) is 15.5 Å². The Labute approximate surface area is 204 Å². The molecule has 34 heavy (non-hydrogen) atoms. The second-order valence-electron chi connectivity index (χ2n) is 8.03. The maximum atomic E-state index is 12.7. The largest absolute Gasteiger partial charge is 0.497 e. The smallest absolute Gasteiger partial charge is 0.323 e. The van der Waals surface area contributed by atoms with Crippen LogP contribution in [0.25, 0.3) is 0 Å². The summed E-state index contributed by atoms with van der Waals surface area (Å²) in [7, 11) is 1.63. The summed E-state index contributed by atoms with van der Waals surface area (Å²) in [5.74, 6) is 0.921. The molecule has 1 heterocycles. The fourth-order valence-electron chi connectivity index (χ4n) is 3.83. The summed E-state index contributed by atoms with van der Waals surface area (Å²) in [6, 6.07) is 21.9. The van der Waals surface area contributed by atoms with Crippen molar-refractivity contribution in [1.82, 2.24) is 4.90 Å². The highest BCUT2D eigenvalue weighted by molar-refractivity contribution is 6.30. The quantitative estimate of drug-likeness (QED) is 0.529. The minimum Gasteiger partial charge on any atom is -0.497 e. The van der Waals surface area contributed by atoms with Crippen LogP contribution in [-0.2, 0) is 11.2 Å². The van der Waals surface area contributed by atoms with Gasteiger partial charge in [-0.1, -0.05) is 23.7 Å². The average Bonchev–Trinajstić information content (AvgIpc) is 2.86. The van der Waals surface area contributed by atoms with E-state index in [4.69, 9.17) is 16.3 Å². The van der Waals surface area contributed by atoms with Gasteiger partial charge in [0.25, 0.3) is 0 Å². The first-order valence-corrected chi connectivity index (χ1v) is 11.5. The zero-order chi connectivity index (χ0) is 23.9. The van der Waals surface area contributed by atoms with E-state index in [0.717, 1.165) is 30.1 Å². The van der Waals surface area contributed by atoms with Gasteiger partial charge in [0.2, 0.25) is 5.91 Å². The summed E-state index contributed by atoms with van der Waals surface area (Å²) >= 11 is 5.87. The standard InChI is InChI=1S/C26H27ClN4O3/c1-34-24-12-2-19(3-13-24)18-25(32)31-16-14-30(15-17-31)23-10-8-22(9-11-23)29-26(33)28-21-6-4-20(27)5-7-21/h2-13H,14-18H2,1H3,(H2,28,29,33). The Kier molecular flexibility index (Phi) is 7.54. The topological polar surface area (TPSA) is 73.9 Å². The lowest BCUT2D eigenvalue weighted by Gasteiger charge is -2.36. The number of ether oxygens (including phenoxy) is 1. The van der Waals surface area contributed by atoms with Crippen molar-refractivity contribution < 1.29 is 14.3 Å². The number of benzene rings is 3. The third-order valence-electron chi connectivity index (χ3n) is 5.74. The third kappa shape index (κ3) is 6.20. The third-order valence-corrected chi connectivity index (χ3v) is 5.99. The van der Waals surface area contributed by atoms with E-state index in [1.165, 1.54) is 0 Å². The van der Waals surface area contributed by atoms with Crippen molar-refractivity contribution in [2.24, 2.45) is 0 Å². The molecule has 1 fully saturated rings. The highest BCUT2D eigenvalue weighted by Gasteiger charge is 2.21. The monoisotopic (exact) mass is 478 g/mol. The second kappa shape index (κ2) is 10.9. The number of amides is 3. The van der Waals surface area contributed by atoms with Gasteiger partial charge in [0.1, 0.15) is 5.75 Å². The summed E-state index contributed by atoms with van der Waals surface area (Å²) in [6.45, 7) is 2.88. The predicted molar refractivity (Wildman–Crippen MR) is 136 cm³/mol. The number of carbonyl (C=O) groups is 2. The minimum atomic E-state index is -0.320. The fraction of sp³-hybridized carbons (Fsp3) is 0.231. The first kappa shape index (κ1) is 23.4. The van der Waals surface area contributed by atoms with Crippen LogP contribution in [-0.4, -0.2) is 50.1 Å².